The number of benzene rings is 2. The SMILES string of the molecule is O=S(=O)(NC1CCC2OCCOC2C1)c1cccc(-c2ccccc2)c1. The number of nitrogens with one attached hydrogen (secondary N) is 1. The van der Waals surface area contributed by atoms with E-state index < -0.39 is 10.0 Å². The summed E-state index contributed by atoms with van der Waals surface area (Å²) in [6.45, 7) is 1.21. The lowest BCUT2D eigenvalue weighted by Gasteiger charge is -2.38. The lowest BCUT2D eigenvalue weighted by atomic mass is 9.90. The Morgan fingerprint density at radius 1 is 0.846 bits per heavy atom. The molecule has 1 N–H and O–H groups in total. The molecule has 2 fully saturated rings. The van der Waals surface area contributed by atoms with Crippen LogP contribution in [0.2, 0.25) is 0 Å². The molecule has 1 aliphatic carbocycles. The molecule has 6 heteroatoms. The van der Waals surface area contributed by atoms with Crippen LogP contribution in [0.15, 0.2) is 59.5 Å². The van der Waals surface area contributed by atoms with Gasteiger partial charge in [0, 0.05) is 6.04 Å². The van der Waals surface area contributed by atoms with E-state index in [4.69, 9.17) is 9.47 Å². The van der Waals surface area contributed by atoms with Gasteiger partial charge in [0.25, 0.3) is 0 Å². The molecular weight excluding hydrogens is 350 g/mol. The van der Waals surface area contributed by atoms with Gasteiger partial charge >= 0.3 is 0 Å². The summed E-state index contributed by atoms with van der Waals surface area (Å²) in [5.41, 5.74) is 1.89. The zero-order chi connectivity index (χ0) is 18.0. The van der Waals surface area contributed by atoms with Crippen molar-refractivity contribution in [2.75, 3.05) is 13.2 Å². The zero-order valence-corrected chi connectivity index (χ0v) is 15.3. The minimum absolute atomic E-state index is 0.0131. The molecule has 2 aliphatic rings. The van der Waals surface area contributed by atoms with Gasteiger partial charge in [0.2, 0.25) is 10.0 Å². The molecule has 1 saturated heterocycles. The highest BCUT2D eigenvalue weighted by atomic mass is 32.2. The molecular formula is C20H23NO4S. The highest BCUT2D eigenvalue weighted by Crippen LogP contribution is 2.28. The first-order valence-corrected chi connectivity index (χ1v) is 10.5. The number of hydrogen-bond acceptors (Lipinski definition) is 4. The van der Waals surface area contributed by atoms with E-state index in [1.165, 1.54) is 0 Å². The fraction of sp³-hybridized carbons (Fsp3) is 0.400. The van der Waals surface area contributed by atoms with Gasteiger partial charge in [-0.25, -0.2) is 13.1 Å². The van der Waals surface area contributed by atoms with E-state index in [1.54, 1.807) is 18.2 Å². The van der Waals surface area contributed by atoms with E-state index in [0.29, 0.717) is 24.5 Å². The van der Waals surface area contributed by atoms with Crippen molar-refractivity contribution in [3.63, 3.8) is 0 Å². The van der Waals surface area contributed by atoms with Gasteiger partial charge in [0.1, 0.15) is 0 Å². The lowest BCUT2D eigenvalue weighted by Crippen LogP contribution is -2.49. The third-order valence-corrected chi connectivity index (χ3v) is 6.57. The van der Waals surface area contributed by atoms with Crippen LogP contribution in [0, 0.1) is 0 Å². The van der Waals surface area contributed by atoms with Crippen molar-refractivity contribution < 1.29 is 17.9 Å². The van der Waals surface area contributed by atoms with Crippen molar-refractivity contribution in [3.05, 3.63) is 54.6 Å². The molecule has 3 unspecified atom stereocenters. The first-order valence-electron chi connectivity index (χ1n) is 9.03. The molecule has 138 valence electrons. The third kappa shape index (κ3) is 3.83. The Hall–Kier alpha value is -1.73. The van der Waals surface area contributed by atoms with E-state index in [9.17, 15) is 8.42 Å². The summed E-state index contributed by atoms with van der Waals surface area (Å²) in [5, 5.41) is 0. The van der Waals surface area contributed by atoms with Crippen molar-refractivity contribution in [1.29, 1.82) is 0 Å². The summed E-state index contributed by atoms with van der Waals surface area (Å²) in [5.74, 6) is 0. The molecule has 3 atom stereocenters. The van der Waals surface area contributed by atoms with Crippen molar-refractivity contribution in [1.82, 2.24) is 4.72 Å². The zero-order valence-electron chi connectivity index (χ0n) is 14.5. The topological polar surface area (TPSA) is 64.6 Å². The molecule has 0 radical (unpaired) electrons. The van der Waals surface area contributed by atoms with E-state index in [2.05, 4.69) is 4.72 Å². The molecule has 2 aromatic rings. The lowest BCUT2D eigenvalue weighted by molar-refractivity contribution is -0.156. The Kier molecular flexibility index (Phi) is 5.09. The van der Waals surface area contributed by atoms with Gasteiger partial charge < -0.3 is 9.47 Å². The minimum atomic E-state index is -3.57. The highest BCUT2D eigenvalue weighted by molar-refractivity contribution is 7.89. The van der Waals surface area contributed by atoms with Gasteiger partial charge in [-0.2, -0.15) is 0 Å². The van der Waals surface area contributed by atoms with Gasteiger partial charge in [-0.3, -0.25) is 0 Å². The van der Waals surface area contributed by atoms with Crippen LogP contribution in [0.1, 0.15) is 19.3 Å². The molecule has 4 rings (SSSR count). The summed E-state index contributed by atoms with van der Waals surface area (Å²) < 4.78 is 40.0. The standard InChI is InChI=1S/C20H23NO4S/c22-26(23,21-17-9-10-19-20(14-17)25-12-11-24-19)18-8-4-7-16(13-18)15-5-2-1-3-6-15/h1-8,13,17,19-21H,9-12,14H2. The van der Waals surface area contributed by atoms with Crippen molar-refractivity contribution in [2.45, 2.75) is 42.4 Å². The van der Waals surface area contributed by atoms with Crippen LogP contribution in [0.25, 0.3) is 11.1 Å². The van der Waals surface area contributed by atoms with Crippen molar-refractivity contribution >= 4 is 10.0 Å². The normalized spacial score (nSPS) is 26.2. The van der Waals surface area contributed by atoms with Gasteiger partial charge in [0.15, 0.2) is 0 Å². The van der Waals surface area contributed by atoms with Crippen molar-refractivity contribution in [2.24, 2.45) is 0 Å². The molecule has 1 saturated carbocycles. The van der Waals surface area contributed by atoms with Crippen LogP contribution in [-0.4, -0.2) is 39.9 Å². The molecule has 0 spiro atoms. The quantitative estimate of drug-likeness (QED) is 0.895. The largest absolute Gasteiger partial charge is 0.373 e. The first kappa shape index (κ1) is 17.7. The Morgan fingerprint density at radius 2 is 1.58 bits per heavy atom. The molecule has 0 aromatic heterocycles. The minimum Gasteiger partial charge on any atom is -0.373 e. The van der Waals surface area contributed by atoms with Crippen LogP contribution >= 0.6 is 0 Å². The second-order valence-corrected chi connectivity index (χ2v) is 8.56. The van der Waals surface area contributed by atoms with Gasteiger partial charge in [0.05, 0.1) is 30.3 Å². The smallest absolute Gasteiger partial charge is 0.240 e. The number of sulfonamides is 1. The predicted octanol–water partition coefficient (Wildman–Crippen LogP) is 2.97. The summed E-state index contributed by atoms with van der Waals surface area (Å²) in [4.78, 5) is 0.293. The molecule has 1 aliphatic heterocycles. The van der Waals surface area contributed by atoms with Gasteiger partial charge in [-0.1, -0.05) is 42.5 Å². The van der Waals surface area contributed by atoms with Gasteiger partial charge in [-0.05, 0) is 42.5 Å². The Bertz CT molecular complexity index is 853. The van der Waals surface area contributed by atoms with E-state index >= 15 is 0 Å². The molecule has 2 aromatic carbocycles. The Balaban J connectivity index is 1.50. The van der Waals surface area contributed by atoms with E-state index in [-0.39, 0.29) is 18.2 Å². The maximum atomic E-state index is 12.9. The van der Waals surface area contributed by atoms with Crippen LogP contribution in [0.4, 0.5) is 0 Å². The Labute approximate surface area is 154 Å². The molecule has 0 amide bonds. The maximum absolute atomic E-state index is 12.9. The fourth-order valence-corrected chi connectivity index (χ4v) is 5.06. The van der Waals surface area contributed by atoms with Crippen LogP contribution in [-0.2, 0) is 19.5 Å². The number of ether oxygens (including phenoxy) is 2. The summed E-state index contributed by atoms with van der Waals surface area (Å²) in [6, 6.07) is 16.7. The predicted molar refractivity (Wildman–Crippen MR) is 99.3 cm³/mol. The fourth-order valence-electron chi connectivity index (χ4n) is 3.73. The average molecular weight is 373 g/mol. The van der Waals surface area contributed by atoms with Crippen LogP contribution in [0.5, 0.6) is 0 Å². The molecule has 26 heavy (non-hydrogen) atoms. The van der Waals surface area contributed by atoms with Crippen LogP contribution in [0.3, 0.4) is 0 Å². The van der Waals surface area contributed by atoms with E-state index in [1.807, 2.05) is 36.4 Å². The second-order valence-electron chi connectivity index (χ2n) is 6.84. The first-order chi connectivity index (χ1) is 12.6. The summed E-state index contributed by atoms with van der Waals surface area (Å²) >= 11 is 0. The maximum Gasteiger partial charge on any atom is 0.240 e. The molecule has 5 nitrogen and oxygen atoms in total. The molecule has 0 bridgehead atoms. The average Bonchev–Trinajstić information content (AvgIpc) is 2.68. The number of fused-ring (bicyclic) bond motifs is 1. The summed E-state index contributed by atoms with van der Waals surface area (Å²) in [7, 11) is -3.57. The highest BCUT2D eigenvalue weighted by Gasteiger charge is 2.35. The molecule has 1 heterocycles. The third-order valence-electron chi connectivity index (χ3n) is 5.05. The number of rotatable bonds is 4. The monoisotopic (exact) mass is 373 g/mol. The van der Waals surface area contributed by atoms with Crippen molar-refractivity contribution in [3.8, 4) is 11.1 Å². The Morgan fingerprint density at radius 3 is 2.38 bits per heavy atom. The van der Waals surface area contributed by atoms with Crippen LogP contribution < -0.4 is 4.72 Å². The van der Waals surface area contributed by atoms with Gasteiger partial charge in [-0.15, -0.1) is 0 Å². The second kappa shape index (κ2) is 7.48. The summed E-state index contributed by atoms with van der Waals surface area (Å²) in [6.07, 6.45) is 2.33. The number of hydrogen-bond donors (Lipinski definition) is 1. The van der Waals surface area contributed by atoms with E-state index in [0.717, 1.165) is 24.0 Å².